The van der Waals surface area contributed by atoms with Gasteiger partial charge in [-0.25, -0.2) is 0 Å². The molecule has 4 aliphatic rings. The van der Waals surface area contributed by atoms with E-state index in [4.69, 9.17) is 11.6 Å². The first kappa shape index (κ1) is 21.9. The first-order valence-corrected chi connectivity index (χ1v) is 12.9. The fraction of sp³-hybridized carbons (Fsp3) is 0.960. The van der Waals surface area contributed by atoms with Crippen LogP contribution in [0.2, 0.25) is 0 Å². The fourth-order valence-corrected chi connectivity index (χ4v) is 8.42. The first-order chi connectivity index (χ1) is 13.8. The van der Waals surface area contributed by atoms with Crippen LogP contribution < -0.4 is 5.32 Å². The zero-order valence-electron chi connectivity index (χ0n) is 18.6. The SMILES string of the molecule is C[C@@]1(O)CC[C@H]2[C@H](CC[C@@H]3[C@@H]2CC[C@]2(C)[C@@H](CNC(=O)CCCCCl)CC[C@@H]32)C1. The number of hydrogen-bond acceptors (Lipinski definition) is 2. The number of halogens is 1. The smallest absolute Gasteiger partial charge is 0.220 e. The number of aliphatic hydroxyl groups is 1. The highest BCUT2D eigenvalue weighted by molar-refractivity contribution is 6.17. The molecule has 0 spiro atoms. The molecule has 1 amide bonds. The Kier molecular flexibility index (Phi) is 6.57. The molecule has 4 heteroatoms. The molecular weight excluding hydrogens is 382 g/mol. The van der Waals surface area contributed by atoms with Gasteiger partial charge in [0.2, 0.25) is 5.91 Å². The van der Waals surface area contributed by atoms with Gasteiger partial charge in [0.15, 0.2) is 0 Å². The van der Waals surface area contributed by atoms with Crippen molar-refractivity contribution in [3.63, 3.8) is 0 Å². The number of hydrogen-bond donors (Lipinski definition) is 2. The van der Waals surface area contributed by atoms with E-state index in [1.807, 2.05) is 0 Å². The normalized spacial score (nSPS) is 46.5. The number of unbranched alkanes of at least 4 members (excludes halogenated alkanes) is 1. The van der Waals surface area contributed by atoms with Crippen LogP contribution in [0.4, 0.5) is 0 Å². The molecule has 4 saturated carbocycles. The maximum atomic E-state index is 12.2. The number of amides is 1. The van der Waals surface area contributed by atoms with Crippen molar-refractivity contribution in [3.05, 3.63) is 0 Å². The highest BCUT2D eigenvalue weighted by Crippen LogP contribution is 2.64. The third kappa shape index (κ3) is 4.38. The number of fused-ring (bicyclic) bond motifs is 5. The fourth-order valence-electron chi connectivity index (χ4n) is 8.23. The molecule has 0 heterocycles. The molecule has 0 radical (unpaired) electrons. The summed E-state index contributed by atoms with van der Waals surface area (Å²) in [5, 5.41) is 13.8. The second-order valence-electron chi connectivity index (χ2n) is 11.4. The topological polar surface area (TPSA) is 49.3 Å². The highest BCUT2D eigenvalue weighted by Gasteiger charge is 2.57. The van der Waals surface area contributed by atoms with E-state index in [1.165, 1.54) is 44.9 Å². The van der Waals surface area contributed by atoms with Gasteiger partial charge in [-0.3, -0.25) is 4.79 Å². The van der Waals surface area contributed by atoms with Crippen molar-refractivity contribution < 1.29 is 9.90 Å². The molecule has 4 aliphatic carbocycles. The summed E-state index contributed by atoms with van der Waals surface area (Å²) >= 11 is 5.73. The Morgan fingerprint density at radius 3 is 2.59 bits per heavy atom. The molecule has 0 unspecified atom stereocenters. The molecule has 4 fully saturated rings. The van der Waals surface area contributed by atoms with Crippen LogP contribution in [0.1, 0.15) is 90.9 Å². The van der Waals surface area contributed by atoms with Gasteiger partial charge >= 0.3 is 0 Å². The number of carbonyl (C=O) groups excluding carboxylic acids is 1. The predicted octanol–water partition coefficient (Wildman–Crippen LogP) is 5.53. The molecule has 2 N–H and O–H groups in total. The molecule has 0 aromatic rings. The van der Waals surface area contributed by atoms with Gasteiger partial charge in [-0.2, -0.15) is 0 Å². The zero-order chi connectivity index (χ0) is 20.6. The van der Waals surface area contributed by atoms with Crippen LogP contribution in [-0.4, -0.2) is 29.0 Å². The lowest BCUT2D eigenvalue weighted by Gasteiger charge is -2.57. The third-order valence-electron chi connectivity index (χ3n) is 9.77. The molecule has 29 heavy (non-hydrogen) atoms. The summed E-state index contributed by atoms with van der Waals surface area (Å²) in [7, 11) is 0. The first-order valence-electron chi connectivity index (χ1n) is 12.4. The van der Waals surface area contributed by atoms with E-state index >= 15 is 0 Å². The van der Waals surface area contributed by atoms with Crippen LogP contribution in [0.3, 0.4) is 0 Å². The molecule has 0 aromatic carbocycles. The minimum atomic E-state index is -0.419. The summed E-state index contributed by atoms with van der Waals surface area (Å²) in [5.74, 6) is 5.77. The molecule has 8 atom stereocenters. The molecule has 0 bridgehead atoms. The Labute approximate surface area is 182 Å². The van der Waals surface area contributed by atoms with Crippen LogP contribution in [-0.2, 0) is 4.79 Å². The van der Waals surface area contributed by atoms with E-state index in [-0.39, 0.29) is 5.91 Å². The van der Waals surface area contributed by atoms with E-state index in [2.05, 4.69) is 19.2 Å². The standard InChI is InChI=1S/C25H42ClNO2/c1-24(29)12-10-19-17(15-24)6-8-21-20(19)11-13-25(2)18(7-9-22(21)25)16-27-23(28)5-3-4-14-26/h17-22,29H,3-16H2,1-2H3,(H,27,28)/t17-,18-,19+,20-,21-,22+,24-,25-/m1/s1. The van der Waals surface area contributed by atoms with E-state index in [9.17, 15) is 9.90 Å². The van der Waals surface area contributed by atoms with Gasteiger partial charge in [0.1, 0.15) is 0 Å². The lowest BCUT2D eigenvalue weighted by Crippen LogP contribution is -2.51. The van der Waals surface area contributed by atoms with Crippen molar-refractivity contribution in [2.75, 3.05) is 12.4 Å². The Balaban J connectivity index is 1.36. The monoisotopic (exact) mass is 423 g/mol. The molecule has 4 rings (SSSR count). The van der Waals surface area contributed by atoms with Gasteiger partial charge in [0.05, 0.1) is 5.60 Å². The zero-order valence-corrected chi connectivity index (χ0v) is 19.4. The number of nitrogens with one attached hydrogen (secondary N) is 1. The highest BCUT2D eigenvalue weighted by atomic mass is 35.5. The van der Waals surface area contributed by atoms with Gasteiger partial charge < -0.3 is 10.4 Å². The van der Waals surface area contributed by atoms with Crippen molar-refractivity contribution >= 4 is 17.5 Å². The number of alkyl halides is 1. The second-order valence-corrected chi connectivity index (χ2v) is 11.8. The van der Waals surface area contributed by atoms with Crippen LogP contribution >= 0.6 is 11.6 Å². The molecule has 0 aliphatic heterocycles. The van der Waals surface area contributed by atoms with Gasteiger partial charge in [-0.1, -0.05) is 6.92 Å². The van der Waals surface area contributed by atoms with E-state index < -0.39 is 5.60 Å². The molecule has 3 nitrogen and oxygen atoms in total. The Morgan fingerprint density at radius 2 is 1.79 bits per heavy atom. The lowest BCUT2D eigenvalue weighted by atomic mass is 9.49. The van der Waals surface area contributed by atoms with Crippen molar-refractivity contribution in [1.82, 2.24) is 5.32 Å². The van der Waals surface area contributed by atoms with E-state index in [0.29, 0.717) is 23.6 Å². The molecule has 0 aromatic heterocycles. The van der Waals surface area contributed by atoms with Gasteiger partial charge in [0, 0.05) is 18.8 Å². The minimum absolute atomic E-state index is 0.214. The maximum absolute atomic E-state index is 12.2. The average Bonchev–Trinajstić information content (AvgIpc) is 3.02. The van der Waals surface area contributed by atoms with E-state index in [0.717, 1.165) is 61.8 Å². The van der Waals surface area contributed by atoms with Gasteiger partial charge in [-0.15, -0.1) is 11.6 Å². The predicted molar refractivity (Wildman–Crippen MR) is 119 cm³/mol. The minimum Gasteiger partial charge on any atom is -0.390 e. The third-order valence-corrected chi connectivity index (χ3v) is 10.0. The average molecular weight is 424 g/mol. The van der Waals surface area contributed by atoms with Crippen molar-refractivity contribution in [2.45, 2.75) is 96.5 Å². The second kappa shape index (κ2) is 8.69. The van der Waals surface area contributed by atoms with Crippen molar-refractivity contribution in [3.8, 4) is 0 Å². The summed E-state index contributed by atoms with van der Waals surface area (Å²) < 4.78 is 0. The van der Waals surface area contributed by atoms with Gasteiger partial charge in [0.25, 0.3) is 0 Å². The molecule has 166 valence electrons. The van der Waals surface area contributed by atoms with Gasteiger partial charge in [-0.05, 0) is 118 Å². The molecular formula is C25H42ClNO2. The van der Waals surface area contributed by atoms with Crippen LogP contribution in [0.25, 0.3) is 0 Å². The Hall–Kier alpha value is -0.280. The van der Waals surface area contributed by atoms with Crippen molar-refractivity contribution in [1.29, 1.82) is 0 Å². The summed E-state index contributed by atoms with van der Waals surface area (Å²) in [4.78, 5) is 12.2. The van der Waals surface area contributed by atoms with Crippen LogP contribution in [0.5, 0.6) is 0 Å². The number of rotatable bonds is 6. The quantitative estimate of drug-likeness (QED) is 0.435. The largest absolute Gasteiger partial charge is 0.390 e. The molecule has 0 saturated heterocycles. The summed E-state index contributed by atoms with van der Waals surface area (Å²) in [6, 6.07) is 0. The Morgan fingerprint density at radius 1 is 1.00 bits per heavy atom. The van der Waals surface area contributed by atoms with E-state index in [1.54, 1.807) is 0 Å². The summed E-state index contributed by atoms with van der Waals surface area (Å²) in [5.41, 5.74) is -0.00477. The Bertz CT molecular complexity index is 593. The lowest BCUT2D eigenvalue weighted by molar-refractivity contribution is -0.122. The summed E-state index contributed by atoms with van der Waals surface area (Å²) in [6.07, 6.45) is 13.8. The van der Waals surface area contributed by atoms with Crippen LogP contribution in [0, 0.1) is 40.9 Å². The van der Waals surface area contributed by atoms with Crippen LogP contribution in [0.15, 0.2) is 0 Å². The number of carbonyl (C=O) groups is 1. The maximum Gasteiger partial charge on any atom is 0.220 e. The van der Waals surface area contributed by atoms with Crippen molar-refractivity contribution in [2.24, 2.45) is 40.9 Å². The summed E-state index contributed by atoms with van der Waals surface area (Å²) in [6.45, 7) is 5.47.